The molecule has 4 amide bonds. The lowest BCUT2D eigenvalue weighted by Crippen LogP contribution is -2.43. The predicted molar refractivity (Wildman–Crippen MR) is 97.2 cm³/mol. The van der Waals surface area contributed by atoms with Gasteiger partial charge < -0.3 is 10.6 Å². The first kappa shape index (κ1) is 17.7. The monoisotopic (exact) mass is 351 g/mol. The Morgan fingerprint density at radius 3 is 1.92 bits per heavy atom. The first-order valence-electron chi connectivity index (χ1n) is 8.42. The highest BCUT2D eigenvalue weighted by molar-refractivity contribution is 6.08. The third kappa shape index (κ3) is 3.59. The lowest BCUT2D eigenvalue weighted by Gasteiger charge is -2.21. The lowest BCUT2D eigenvalue weighted by atomic mass is 9.98. The lowest BCUT2D eigenvalue weighted by molar-refractivity contribution is -0.134. The van der Waals surface area contributed by atoms with Crippen LogP contribution in [0.5, 0.6) is 0 Å². The first-order valence-corrected chi connectivity index (χ1v) is 8.42. The van der Waals surface area contributed by atoms with Crippen LogP contribution in [0.15, 0.2) is 60.7 Å². The molecule has 0 radical (unpaired) electrons. The maximum atomic E-state index is 12.6. The molecule has 3 rings (SSSR count). The minimum absolute atomic E-state index is 0.315. The Labute approximate surface area is 152 Å². The van der Waals surface area contributed by atoms with Gasteiger partial charge in [-0.25, -0.2) is 4.79 Å². The second kappa shape index (κ2) is 7.00. The molecule has 6 heteroatoms. The van der Waals surface area contributed by atoms with Crippen molar-refractivity contribution >= 4 is 17.8 Å². The molecule has 0 saturated carbocycles. The molecule has 1 heterocycles. The van der Waals surface area contributed by atoms with Gasteiger partial charge >= 0.3 is 6.03 Å². The normalized spacial score (nSPS) is 15.9. The molecule has 2 aromatic carbocycles. The zero-order valence-electron chi connectivity index (χ0n) is 14.7. The van der Waals surface area contributed by atoms with E-state index >= 15 is 0 Å². The molecular formula is C20H21N3O3. The smallest absolute Gasteiger partial charge is 0.325 e. The molecule has 1 fully saturated rings. The molecular weight excluding hydrogens is 330 g/mol. The van der Waals surface area contributed by atoms with Gasteiger partial charge in [-0.3, -0.25) is 14.5 Å². The summed E-state index contributed by atoms with van der Waals surface area (Å²) in [7, 11) is 0. The fourth-order valence-electron chi connectivity index (χ4n) is 2.96. The van der Waals surface area contributed by atoms with E-state index in [-0.39, 0.29) is 12.6 Å². The van der Waals surface area contributed by atoms with Gasteiger partial charge in [0.1, 0.15) is 12.1 Å². The van der Waals surface area contributed by atoms with Crippen LogP contribution >= 0.6 is 0 Å². The summed E-state index contributed by atoms with van der Waals surface area (Å²) in [4.78, 5) is 37.8. The largest absolute Gasteiger partial charge is 0.344 e. The molecule has 0 atom stereocenters. The van der Waals surface area contributed by atoms with E-state index in [9.17, 15) is 14.4 Å². The van der Waals surface area contributed by atoms with E-state index in [1.165, 1.54) is 0 Å². The molecule has 0 unspecified atom stereocenters. The number of rotatable bonds is 5. The molecule has 1 saturated heterocycles. The molecule has 26 heavy (non-hydrogen) atoms. The van der Waals surface area contributed by atoms with Crippen LogP contribution in [0.25, 0.3) is 0 Å². The first-order chi connectivity index (χ1) is 12.4. The number of benzene rings is 2. The van der Waals surface area contributed by atoms with Gasteiger partial charge in [0.05, 0.1) is 6.04 Å². The summed E-state index contributed by atoms with van der Waals surface area (Å²) >= 11 is 0. The summed E-state index contributed by atoms with van der Waals surface area (Å²) < 4.78 is 0. The molecule has 1 aliphatic rings. The second-order valence-corrected chi connectivity index (χ2v) is 6.77. The van der Waals surface area contributed by atoms with Gasteiger partial charge in [-0.2, -0.15) is 0 Å². The molecule has 6 nitrogen and oxygen atoms in total. The summed E-state index contributed by atoms with van der Waals surface area (Å²) in [5.74, 6) is -0.808. The number of carbonyl (C=O) groups excluding carboxylic acids is 3. The minimum Gasteiger partial charge on any atom is -0.344 e. The maximum Gasteiger partial charge on any atom is 0.325 e. The number of hydrogen-bond acceptors (Lipinski definition) is 3. The predicted octanol–water partition coefficient (Wildman–Crippen LogP) is 2.22. The zero-order chi connectivity index (χ0) is 18.7. The van der Waals surface area contributed by atoms with Gasteiger partial charge in [0, 0.05) is 0 Å². The molecule has 2 aromatic rings. The van der Waals surface area contributed by atoms with Gasteiger partial charge in [0.2, 0.25) is 5.91 Å². The van der Waals surface area contributed by atoms with Crippen molar-refractivity contribution in [1.29, 1.82) is 0 Å². The summed E-state index contributed by atoms with van der Waals surface area (Å²) in [6.45, 7) is 2.91. The quantitative estimate of drug-likeness (QED) is 0.811. The average molecular weight is 351 g/mol. The van der Waals surface area contributed by atoms with Crippen LogP contribution in [0.4, 0.5) is 4.79 Å². The summed E-state index contributed by atoms with van der Waals surface area (Å²) in [6, 6.07) is 18.2. The molecule has 134 valence electrons. The van der Waals surface area contributed by atoms with Crippen LogP contribution in [0.1, 0.15) is 31.0 Å². The number of imide groups is 1. The Kier molecular flexibility index (Phi) is 4.75. The number of hydrogen-bond donors (Lipinski definition) is 2. The SMILES string of the molecule is CC1(C)NC(=O)N(CC(=O)NC(c2ccccc2)c2ccccc2)C1=O. The van der Waals surface area contributed by atoms with Crippen LogP contribution in [-0.2, 0) is 9.59 Å². The molecule has 0 aromatic heterocycles. The molecule has 2 N–H and O–H groups in total. The Bertz CT molecular complexity index is 779. The van der Waals surface area contributed by atoms with E-state index < -0.39 is 23.4 Å². The van der Waals surface area contributed by atoms with E-state index in [4.69, 9.17) is 0 Å². The summed E-state index contributed by atoms with van der Waals surface area (Å²) in [6.07, 6.45) is 0. The number of carbonyl (C=O) groups is 3. The van der Waals surface area contributed by atoms with Crippen LogP contribution in [-0.4, -0.2) is 34.8 Å². The van der Waals surface area contributed by atoms with Crippen molar-refractivity contribution in [3.05, 3.63) is 71.8 Å². The summed E-state index contributed by atoms with van der Waals surface area (Å²) in [5, 5.41) is 5.50. The van der Waals surface area contributed by atoms with Gasteiger partial charge in [-0.05, 0) is 25.0 Å². The van der Waals surface area contributed by atoms with Crippen LogP contribution in [0.2, 0.25) is 0 Å². The van der Waals surface area contributed by atoms with Crippen molar-refractivity contribution < 1.29 is 14.4 Å². The number of amides is 4. The van der Waals surface area contributed by atoms with Gasteiger partial charge in [-0.15, -0.1) is 0 Å². The average Bonchev–Trinajstić information content (AvgIpc) is 2.83. The number of nitrogens with one attached hydrogen (secondary N) is 2. The Morgan fingerprint density at radius 2 is 1.50 bits per heavy atom. The second-order valence-electron chi connectivity index (χ2n) is 6.77. The highest BCUT2D eigenvalue weighted by Gasteiger charge is 2.44. The fraction of sp³-hybridized carbons (Fsp3) is 0.250. The third-order valence-electron chi connectivity index (χ3n) is 4.32. The molecule has 0 spiro atoms. The third-order valence-corrected chi connectivity index (χ3v) is 4.32. The van der Waals surface area contributed by atoms with E-state index in [1.807, 2.05) is 60.7 Å². The van der Waals surface area contributed by atoms with Crippen molar-refractivity contribution in [3.8, 4) is 0 Å². The molecule has 1 aliphatic heterocycles. The Morgan fingerprint density at radius 1 is 1.00 bits per heavy atom. The summed E-state index contributed by atoms with van der Waals surface area (Å²) in [5.41, 5.74) is 0.851. The van der Waals surface area contributed by atoms with E-state index in [0.717, 1.165) is 16.0 Å². The Balaban J connectivity index is 1.78. The Hall–Kier alpha value is -3.15. The van der Waals surface area contributed by atoms with Gasteiger partial charge in [0.15, 0.2) is 0 Å². The van der Waals surface area contributed by atoms with Crippen molar-refractivity contribution in [2.75, 3.05) is 6.54 Å². The highest BCUT2D eigenvalue weighted by Crippen LogP contribution is 2.22. The fourth-order valence-corrected chi connectivity index (χ4v) is 2.96. The van der Waals surface area contributed by atoms with Crippen molar-refractivity contribution in [2.24, 2.45) is 0 Å². The standard InChI is InChI=1S/C20H21N3O3/c1-20(2)18(25)23(19(26)22-20)13-16(24)21-17(14-9-5-3-6-10-14)15-11-7-4-8-12-15/h3-12,17H,13H2,1-2H3,(H,21,24)(H,22,26). The van der Waals surface area contributed by atoms with E-state index in [2.05, 4.69) is 10.6 Å². The molecule has 0 bridgehead atoms. The highest BCUT2D eigenvalue weighted by atomic mass is 16.2. The minimum atomic E-state index is -0.990. The van der Waals surface area contributed by atoms with Crippen LogP contribution in [0.3, 0.4) is 0 Å². The van der Waals surface area contributed by atoms with Crippen molar-refractivity contribution in [1.82, 2.24) is 15.5 Å². The number of nitrogens with zero attached hydrogens (tertiary/aromatic N) is 1. The topological polar surface area (TPSA) is 78.5 Å². The number of urea groups is 1. The van der Waals surface area contributed by atoms with Gasteiger partial charge in [-0.1, -0.05) is 60.7 Å². The molecule has 0 aliphatic carbocycles. The van der Waals surface area contributed by atoms with Crippen molar-refractivity contribution in [2.45, 2.75) is 25.4 Å². The maximum absolute atomic E-state index is 12.6. The van der Waals surface area contributed by atoms with Gasteiger partial charge in [0.25, 0.3) is 5.91 Å². The van der Waals surface area contributed by atoms with Crippen LogP contribution in [0, 0.1) is 0 Å². The zero-order valence-corrected chi connectivity index (χ0v) is 14.7. The van der Waals surface area contributed by atoms with E-state index in [0.29, 0.717) is 0 Å². The van der Waals surface area contributed by atoms with E-state index in [1.54, 1.807) is 13.8 Å². The van der Waals surface area contributed by atoms with Crippen molar-refractivity contribution in [3.63, 3.8) is 0 Å². The van der Waals surface area contributed by atoms with Crippen LogP contribution < -0.4 is 10.6 Å².